The molecule has 90 valence electrons. The summed E-state index contributed by atoms with van der Waals surface area (Å²) in [5.41, 5.74) is 0. The van der Waals surface area contributed by atoms with E-state index in [9.17, 15) is 4.80 Å². The van der Waals surface area contributed by atoms with Gasteiger partial charge in [-0.1, -0.05) is 19.4 Å². The maximum Gasteiger partial charge on any atom is 0.251 e. The fourth-order valence-electron chi connectivity index (χ4n) is 1.18. The topological polar surface area (TPSA) is 29.5 Å². The number of hydrogen-bond acceptors (Lipinski definition) is 2. The van der Waals surface area contributed by atoms with E-state index in [2.05, 4.69) is 32.6 Å². The first-order valence-electron chi connectivity index (χ1n) is 5.79. The maximum atomic E-state index is 10.1. The third-order valence-corrected chi connectivity index (χ3v) is 4.46. The minimum absolute atomic E-state index is 0.884. The Balaban J connectivity index is 4.53. The lowest BCUT2D eigenvalue weighted by Gasteiger charge is -2.28. The molecule has 0 atom stereocenters. The summed E-state index contributed by atoms with van der Waals surface area (Å²) in [5.74, 6) is 0. The van der Waals surface area contributed by atoms with E-state index in [-0.39, 0.29) is 0 Å². The third kappa shape index (κ3) is 7.82. The summed E-state index contributed by atoms with van der Waals surface area (Å²) >= 11 is 0. The summed E-state index contributed by atoms with van der Waals surface area (Å²) in [4.78, 5) is 10.1. The van der Waals surface area contributed by atoms with Crippen molar-refractivity contribution in [3.05, 3.63) is 11.5 Å². The van der Waals surface area contributed by atoms with Crippen LogP contribution in [0.3, 0.4) is 0 Å². The van der Waals surface area contributed by atoms with Crippen LogP contribution in [-0.4, -0.2) is 21.4 Å². The largest absolute Gasteiger partial charge is 0.549 e. The van der Waals surface area contributed by atoms with Gasteiger partial charge in [0.25, 0.3) is 8.32 Å². The van der Waals surface area contributed by atoms with Crippen LogP contribution in [0.15, 0.2) is 11.5 Å². The average Bonchev–Trinajstić information content (AvgIpc) is 1.99. The maximum absolute atomic E-state index is 10.1. The highest BCUT2D eigenvalue weighted by atomic mass is 28.4. The Hall–Kier alpha value is -0.0662. The SMILES string of the molecule is CCCC/C=C(\O[Si](C)(C)C)[Si](C)(C)O. The van der Waals surface area contributed by atoms with Crippen molar-refractivity contribution < 1.29 is 9.22 Å². The van der Waals surface area contributed by atoms with E-state index in [1.165, 1.54) is 12.8 Å². The number of allylic oxidation sites excluding steroid dienone is 1. The van der Waals surface area contributed by atoms with Crippen LogP contribution in [0, 0.1) is 0 Å². The van der Waals surface area contributed by atoms with Crippen molar-refractivity contribution in [1.82, 2.24) is 0 Å². The fraction of sp³-hybridized carbons (Fsp3) is 0.818. The zero-order valence-electron chi connectivity index (χ0n) is 11.1. The molecule has 0 radical (unpaired) electrons. The standard InChI is InChI=1S/C11H26O2Si2/c1-7-8-9-10-11(15(5,6)12)13-14(2,3)4/h10,12H,7-9H2,1-6H3/b11-10+. The molecule has 0 unspecified atom stereocenters. The third-order valence-electron chi connectivity index (χ3n) is 1.91. The lowest BCUT2D eigenvalue weighted by Crippen LogP contribution is -2.37. The highest BCUT2D eigenvalue weighted by Crippen LogP contribution is 2.20. The second-order valence-electron chi connectivity index (χ2n) is 5.48. The number of hydrogen-bond donors (Lipinski definition) is 1. The summed E-state index contributed by atoms with van der Waals surface area (Å²) in [6.07, 6.45) is 5.48. The quantitative estimate of drug-likeness (QED) is 0.440. The molecule has 4 heteroatoms. The fourth-order valence-corrected chi connectivity index (χ4v) is 4.49. The number of rotatable bonds is 6. The first-order valence-corrected chi connectivity index (χ1v) is 12.1. The molecule has 0 heterocycles. The minimum atomic E-state index is -2.27. The minimum Gasteiger partial charge on any atom is -0.549 e. The van der Waals surface area contributed by atoms with Crippen LogP contribution in [-0.2, 0) is 4.43 Å². The zero-order chi connectivity index (χ0) is 12.1. The van der Waals surface area contributed by atoms with Gasteiger partial charge in [0.05, 0.1) is 5.38 Å². The van der Waals surface area contributed by atoms with Gasteiger partial charge in [-0.05, 0) is 45.6 Å². The molecule has 15 heavy (non-hydrogen) atoms. The molecule has 0 saturated carbocycles. The van der Waals surface area contributed by atoms with E-state index in [1.807, 2.05) is 13.1 Å². The van der Waals surface area contributed by atoms with Gasteiger partial charge in [0.15, 0.2) is 0 Å². The second-order valence-corrected chi connectivity index (χ2v) is 13.5. The van der Waals surface area contributed by atoms with Crippen LogP contribution in [0.1, 0.15) is 26.2 Å². The molecule has 1 N–H and O–H groups in total. The predicted octanol–water partition coefficient (Wildman–Crippen LogP) is 3.65. The van der Waals surface area contributed by atoms with Crippen LogP contribution in [0.2, 0.25) is 32.7 Å². The summed E-state index contributed by atoms with van der Waals surface area (Å²) in [6, 6.07) is 0. The van der Waals surface area contributed by atoms with Gasteiger partial charge >= 0.3 is 0 Å². The van der Waals surface area contributed by atoms with Gasteiger partial charge in [0.2, 0.25) is 8.32 Å². The highest BCUT2D eigenvalue weighted by Gasteiger charge is 2.29. The van der Waals surface area contributed by atoms with E-state index in [0.717, 1.165) is 11.8 Å². The van der Waals surface area contributed by atoms with Crippen molar-refractivity contribution in [1.29, 1.82) is 0 Å². The van der Waals surface area contributed by atoms with Gasteiger partial charge in [0, 0.05) is 0 Å². The molecule has 0 aliphatic carbocycles. The second kappa shape index (κ2) is 5.87. The lowest BCUT2D eigenvalue weighted by molar-refractivity contribution is 0.417. The van der Waals surface area contributed by atoms with Gasteiger partial charge in [-0.3, -0.25) is 0 Å². The Kier molecular flexibility index (Phi) is 5.84. The van der Waals surface area contributed by atoms with Crippen molar-refractivity contribution in [3.63, 3.8) is 0 Å². The van der Waals surface area contributed by atoms with Crippen molar-refractivity contribution in [2.75, 3.05) is 0 Å². The summed E-state index contributed by atoms with van der Waals surface area (Å²) in [6.45, 7) is 12.5. The molecule has 0 aliphatic heterocycles. The predicted molar refractivity (Wildman–Crippen MR) is 71.7 cm³/mol. The van der Waals surface area contributed by atoms with Gasteiger partial charge in [-0.2, -0.15) is 0 Å². The Morgan fingerprint density at radius 3 is 2.07 bits per heavy atom. The van der Waals surface area contributed by atoms with E-state index in [4.69, 9.17) is 4.43 Å². The summed E-state index contributed by atoms with van der Waals surface area (Å²) in [7, 11) is -3.86. The first kappa shape index (κ1) is 14.9. The molecule has 0 aromatic rings. The monoisotopic (exact) mass is 246 g/mol. The van der Waals surface area contributed by atoms with Crippen molar-refractivity contribution in [2.45, 2.75) is 58.9 Å². The normalized spacial score (nSPS) is 14.2. The Morgan fingerprint density at radius 2 is 1.73 bits per heavy atom. The molecule has 0 amide bonds. The molecule has 0 spiro atoms. The Bertz CT molecular complexity index is 212. The van der Waals surface area contributed by atoms with E-state index in [0.29, 0.717) is 0 Å². The van der Waals surface area contributed by atoms with Gasteiger partial charge in [-0.25, -0.2) is 0 Å². The molecular formula is C11H26O2Si2. The van der Waals surface area contributed by atoms with E-state index >= 15 is 0 Å². The zero-order valence-corrected chi connectivity index (χ0v) is 13.1. The van der Waals surface area contributed by atoms with Gasteiger partial charge in [0.1, 0.15) is 0 Å². The molecule has 0 bridgehead atoms. The van der Waals surface area contributed by atoms with Crippen LogP contribution in [0.25, 0.3) is 0 Å². The van der Waals surface area contributed by atoms with Crippen molar-refractivity contribution >= 4 is 16.6 Å². The summed E-state index contributed by atoms with van der Waals surface area (Å²) in [5, 5.41) is 0.884. The van der Waals surface area contributed by atoms with E-state index < -0.39 is 16.6 Å². The molecule has 0 rings (SSSR count). The molecule has 0 aliphatic rings. The van der Waals surface area contributed by atoms with Crippen LogP contribution >= 0.6 is 0 Å². The lowest BCUT2D eigenvalue weighted by atomic mass is 10.2. The number of unbranched alkanes of at least 4 members (excludes halogenated alkanes) is 2. The van der Waals surface area contributed by atoms with Crippen LogP contribution in [0.4, 0.5) is 0 Å². The molecule has 0 saturated heterocycles. The van der Waals surface area contributed by atoms with Crippen LogP contribution in [0.5, 0.6) is 0 Å². The first-order chi connectivity index (χ1) is 6.67. The van der Waals surface area contributed by atoms with Crippen LogP contribution < -0.4 is 0 Å². The van der Waals surface area contributed by atoms with Gasteiger partial charge < -0.3 is 9.22 Å². The molecular weight excluding hydrogens is 220 g/mol. The summed E-state index contributed by atoms with van der Waals surface area (Å²) < 4.78 is 5.96. The molecule has 0 aromatic carbocycles. The Labute approximate surface area is 96.6 Å². The van der Waals surface area contributed by atoms with Gasteiger partial charge in [-0.15, -0.1) is 0 Å². The van der Waals surface area contributed by atoms with Crippen molar-refractivity contribution in [3.8, 4) is 0 Å². The average molecular weight is 246 g/mol. The molecule has 2 nitrogen and oxygen atoms in total. The smallest absolute Gasteiger partial charge is 0.251 e. The highest BCUT2D eigenvalue weighted by molar-refractivity contribution is 6.79. The Morgan fingerprint density at radius 1 is 1.20 bits per heavy atom. The van der Waals surface area contributed by atoms with Crippen molar-refractivity contribution in [2.24, 2.45) is 0 Å². The van der Waals surface area contributed by atoms with E-state index in [1.54, 1.807) is 0 Å². The molecule has 0 fully saturated rings. The molecule has 0 aromatic heterocycles.